The first kappa shape index (κ1) is 13.2. The van der Waals surface area contributed by atoms with Crippen LogP contribution in [0.15, 0.2) is 0 Å². The number of alkyl halides is 1. The van der Waals surface area contributed by atoms with Crippen LogP contribution in [-0.4, -0.2) is 41.2 Å². The van der Waals surface area contributed by atoms with Gasteiger partial charge in [0.2, 0.25) is 11.8 Å². The Morgan fingerprint density at radius 1 is 1.50 bits per heavy atom. The Kier molecular flexibility index (Phi) is 4.46. The van der Waals surface area contributed by atoms with Crippen LogP contribution in [0.2, 0.25) is 0 Å². The number of hydrogen-bond acceptors (Lipinski definition) is 4. The Bertz CT molecular complexity index is 300. The summed E-state index contributed by atoms with van der Waals surface area (Å²) in [5, 5.41) is 0. The van der Waals surface area contributed by atoms with Gasteiger partial charge in [0.25, 0.3) is 0 Å². The van der Waals surface area contributed by atoms with E-state index in [1.54, 1.807) is 0 Å². The number of piperidine rings is 1. The Balaban J connectivity index is 2.62. The lowest BCUT2D eigenvalue weighted by Crippen LogP contribution is -2.46. The third-order valence-electron chi connectivity index (χ3n) is 2.45. The van der Waals surface area contributed by atoms with Crippen molar-refractivity contribution in [1.29, 1.82) is 0 Å². The second kappa shape index (κ2) is 5.43. The number of imide groups is 1. The zero-order chi connectivity index (χ0) is 12.3. The van der Waals surface area contributed by atoms with E-state index >= 15 is 0 Å². The number of carbonyl (C=O) groups excluding carboxylic acids is 3. The van der Waals surface area contributed by atoms with Crippen molar-refractivity contribution in [1.82, 2.24) is 4.90 Å². The maximum atomic E-state index is 11.6. The average molecular weight is 292 g/mol. The van der Waals surface area contributed by atoms with Gasteiger partial charge < -0.3 is 4.74 Å². The lowest BCUT2D eigenvalue weighted by atomic mass is 9.98. The van der Waals surface area contributed by atoms with E-state index in [1.165, 1.54) is 7.11 Å². The minimum absolute atomic E-state index is 0.0388. The van der Waals surface area contributed by atoms with Gasteiger partial charge >= 0.3 is 5.97 Å². The number of nitrogens with zero attached hydrogens (tertiary/aromatic N) is 1. The summed E-state index contributed by atoms with van der Waals surface area (Å²) in [6, 6.07) is 0. The van der Waals surface area contributed by atoms with Gasteiger partial charge in [-0.15, -0.1) is 0 Å². The molecule has 90 valence electrons. The number of esters is 1. The second-order valence-corrected chi connectivity index (χ2v) is 5.01. The van der Waals surface area contributed by atoms with Crippen molar-refractivity contribution in [2.24, 2.45) is 5.92 Å². The zero-order valence-electron chi connectivity index (χ0n) is 9.23. The number of carbonyl (C=O) groups is 3. The van der Waals surface area contributed by atoms with Gasteiger partial charge in [0.05, 0.1) is 13.7 Å². The maximum Gasteiger partial charge on any atom is 0.321 e. The highest BCUT2D eigenvalue weighted by Crippen LogP contribution is 2.20. The summed E-state index contributed by atoms with van der Waals surface area (Å²) < 4.78 is 4.51. The van der Waals surface area contributed by atoms with E-state index in [2.05, 4.69) is 20.7 Å². The molecule has 1 saturated heterocycles. The molecule has 6 heteroatoms. The molecule has 16 heavy (non-hydrogen) atoms. The van der Waals surface area contributed by atoms with Gasteiger partial charge in [-0.3, -0.25) is 19.3 Å². The number of methoxy groups -OCH3 is 1. The zero-order valence-corrected chi connectivity index (χ0v) is 10.8. The number of ether oxygens (including phenoxy) is 1. The van der Waals surface area contributed by atoms with Crippen LogP contribution in [0, 0.1) is 5.92 Å². The summed E-state index contributed by atoms with van der Waals surface area (Å²) in [4.78, 5) is 34.8. The number of rotatable bonds is 3. The van der Waals surface area contributed by atoms with Crippen LogP contribution >= 0.6 is 15.9 Å². The molecule has 0 bridgehead atoms. The first-order valence-corrected chi connectivity index (χ1v) is 5.92. The molecule has 2 amide bonds. The monoisotopic (exact) mass is 291 g/mol. The SMILES string of the molecule is COC(=O)C(Br)CN1C(=O)CC(C)CC1=O. The van der Waals surface area contributed by atoms with Gasteiger partial charge in [-0.1, -0.05) is 22.9 Å². The highest BCUT2D eigenvalue weighted by Gasteiger charge is 2.33. The summed E-state index contributed by atoms with van der Waals surface area (Å²) >= 11 is 3.09. The summed E-state index contributed by atoms with van der Waals surface area (Å²) in [5.74, 6) is -0.850. The molecular weight excluding hydrogens is 278 g/mol. The summed E-state index contributed by atoms with van der Waals surface area (Å²) in [6.07, 6.45) is 0.708. The summed E-state index contributed by atoms with van der Waals surface area (Å²) in [5.41, 5.74) is 0. The number of hydrogen-bond donors (Lipinski definition) is 0. The molecule has 0 aliphatic carbocycles. The fraction of sp³-hybridized carbons (Fsp3) is 0.700. The van der Waals surface area contributed by atoms with Crippen LogP contribution < -0.4 is 0 Å². The van der Waals surface area contributed by atoms with Gasteiger partial charge in [0.15, 0.2) is 0 Å². The van der Waals surface area contributed by atoms with Crippen molar-refractivity contribution in [2.75, 3.05) is 13.7 Å². The normalized spacial score (nSPS) is 19.8. The topological polar surface area (TPSA) is 63.7 Å². The molecular formula is C10H14BrNO4. The highest BCUT2D eigenvalue weighted by molar-refractivity contribution is 9.10. The van der Waals surface area contributed by atoms with Gasteiger partial charge in [-0.25, -0.2) is 0 Å². The standard InChI is InChI=1S/C10H14BrNO4/c1-6-3-8(13)12(9(14)4-6)5-7(11)10(15)16-2/h6-7H,3-5H2,1-2H3. The van der Waals surface area contributed by atoms with Crippen LogP contribution in [-0.2, 0) is 19.1 Å². The van der Waals surface area contributed by atoms with Crippen molar-refractivity contribution < 1.29 is 19.1 Å². The Labute approximate surface area is 102 Å². The predicted molar refractivity (Wildman–Crippen MR) is 59.8 cm³/mol. The molecule has 1 heterocycles. The van der Waals surface area contributed by atoms with E-state index in [0.29, 0.717) is 12.8 Å². The quantitative estimate of drug-likeness (QED) is 0.436. The van der Waals surface area contributed by atoms with E-state index in [9.17, 15) is 14.4 Å². The lowest BCUT2D eigenvalue weighted by Gasteiger charge is -2.29. The smallest absolute Gasteiger partial charge is 0.321 e. The van der Waals surface area contributed by atoms with Gasteiger partial charge in [0, 0.05) is 12.8 Å². The fourth-order valence-electron chi connectivity index (χ4n) is 1.59. The van der Waals surface area contributed by atoms with Crippen molar-refractivity contribution in [3.63, 3.8) is 0 Å². The third-order valence-corrected chi connectivity index (χ3v) is 3.11. The van der Waals surface area contributed by atoms with Crippen molar-refractivity contribution in [3.8, 4) is 0 Å². The maximum absolute atomic E-state index is 11.6. The molecule has 0 spiro atoms. The highest BCUT2D eigenvalue weighted by atomic mass is 79.9. The fourth-order valence-corrected chi connectivity index (χ4v) is 2.07. The van der Waals surface area contributed by atoms with Crippen molar-refractivity contribution >= 4 is 33.7 Å². The van der Waals surface area contributed by atoms with E-state index in [4.69, 9.17) is 0 Å². The molecule has 5 nitrogen and oxygen atoms in total. The molecule has 0 aromatic carbocycles. The summed E-state index contributed by atoms with van der Waals surface area (Å²) in [6.45, 7) is 1.90. The Morgan fingerprint density at radius 3 is 2.44 bits per heavy atom. The van der Waals surface area contributed by atoms with Crippen molar-refractivity contribution in [3.05, 3.63) is 0 Å². The molecule has 0 saturated carbocycles. The second-order valence-electron chi connectivity index (χ2n) is 3.90. The average Bonchev–Trinajstić information content (AvgIpc) is 2.21. The molecule has 1 rings (SSSR count). The lowest BCUT2D eigenvalue weighted by molar-refractivity contribution is -0.150. The van der Waals surface area contributed by atoms with Gasteiger partial charge in [-0.2, -0.15) is 0 Å². The minimum Gasteiger partial charge on any atom is -0.468 e. The Morgan fingerprint density at radius 2 is 2.00 bits per heavy atom. The van der Waals surface area contributed by atoms with Crippen LogP contribution in [0.3, 0.4) is 0 Å². The van der Waals surface area contributed by atoms with E-state index in [1.807, 2.05) is 6.92 Å². The molecule has 0 N–H and O–H groups in total. The van der Waals surface area contributed by atoms with Crippen molar-refractivity contribution in [2.45, 2.75) is 24.6 Å². The van der Waals surface area contributed by atoms with Crippen LogP contribution in [0.25, 0.3) is 0 Å². The first-order chi connectivity index (χ1) is 7.45. The Hall–Kier alpha value is -0.910. The molecule has 0 aromatic heterocycles. The van der Waals surface area contributed by atoms with Gasteiger partial charge in [0.1, 0.15) is 4.83 Å². The van der Waals surface area contributed by atoms with Gasteiger partial charge in [-0.05, 0) is 5.92 Å². The molecule has 1 fully saturated rings. The van der Waals surface area contributed by atoms with E-state index in [0.717, 1.165) is 4.90 Å². The number of amides is 2. The molecule has 1 atom stereocenters. The van der Waals surface area contributed by atoms with Crippen LogP contribution in [0.1, 0.15) is 19.8 Å². The summed E-state index contributed by atoms with van der Waals surface area (Å²) in [7, 11) is 1.26. The molecule has 1 aliphatic rings. The molecule has 1 unspecified atom stereocenters. The predicted octanol–water partition coefficient (Wildman–Crippen LogP) is 0.708. The molecule has 0 radical (unpaired) electrons. The molecule has 1 aliphatic heterocycles. The third kappa shape index (κ3) is 3.04. The van der Waals surface area contributed by atoms with Crippen LogP contribution in [0.5, 0.6) is 0 Å². The largest absolute Gasteiger partial charge is 0.468 e. The molecule has 0 aromatic rings. The first-order valence-electron chi connectivity index (χ1n) is 5.00. The van der Waals surface area contributed by atoms with E-state index in [-0.39, 0.29) is 24.3 Å². The number of halogens is 1. The van der Waals surface area contributed by atoms with E-state index < -0.39 is 10.8 Å². The van der Waals surface area contributed by atoms with Crippen LogP contribution in [0.4, 0.5) is 0 Å². The number of likely N-dealkylation sites (tertiary alicyclic amines) is 1. The minimum atomic E-state index is -0.654.